The molecule has 0 aliphatic rings. The van der Waals surface area contributed by atoms with Gasteiger partial charge in [-0.2, -0.15) is 0 Å². The number of quaternary nitrogens is 1. The summed E-state index contributed by atoms with van der Waals surface area (Å²) in [5.74, 6) is 4.07. The van der Waals surface area contributed by atoms with Gasteiger partial charge in [-0.15, -0.1) is 0 Å². The SMILES string of the molecule is CC(CN/C(=C/c1cc2ccccc2o1)C(=O)N[NH3+])c1ccccc1.[Cl-]. The molecule has 3 rings (SSSR count). The van der Waals surface area contributed by atoms with Crippen molar-refractivity contribution in [2.45, 2.75) is 12.8 Å². The highest BCUT2D eigenvalue weighted by Gasteiger charge is 2.13. The molecule has 1 aromatic heterocycles. The van der Waals surface area contributed by atoms with E-state index in [2.05, 4.69) is 35.6 Å². The lowest BCUT2D eigenvalue weighted by atomic mass is 10.0. The summed E-state index contributed by atoms with van der Waals surface area (Å²) in [6.45, 7) is 2.74. The first-order valence-corrected chi connectivity index (χ1v) is 8.24. The highest BCUT2D eigenvalue weighted by atomic mass is 35.5. The Kier molecular flexibility index (Phi) is 6.83. The van der Waals surface area contributed by atoms with Crippen molar-refractivity contribution in [2.75, 3.05) is 6.54 Å². The smallest absolute Gasteiger partial charge is 0.311 e. The van der Waals surface area contributed by atoms with Gasteiger partial charge in [0.25, 0.3) is 0 Å². The molecule has 0 radical (unpaired) electrons. The zero-order chi connectivity index (χ0) is 17.6. The summed E-state index contributed by atoms with van der Waals surface area (Å²) in [6, 6.07) is 19.8. The van der Waals surface area contributed by atoms with Crippen LogP contribution in [0.3, 0.4) is 0 Å². The first kappa shape index (κ1) is 19.6. The number of benzene rings is 2. The molecule has 0 spiro atoms. The Bertz CT molecular complexity index is 857. The maximum atomic E-state index is 12.1. The number of nitrogens with one attached hydrogen (secondary N) is 2. The predicted octanol–water partition coefficient (Wildman–Crippen LogP) is -0.556. The molecule has 6 heteroatoms. The van der Waals surface area contributed by atoms with Gasteiger partial charge in [0.15, 0.2) is 0 Å². The molecule has 3 aromatic rings. The molecular formula is C20H22ClN3O2. The molecule has 5 nitrogen and oxygen atoms in total. The number of rotatable bonds is 6. The Morgan fingerprint density at radius 2 is 1.85 bits per heavy atom. The fourth-order valence-electron chi connectivity index (χ4n) is 2.67. The van der Waals surface area contributed by atoms with E-state index in [4.69, 9.17) is 4.42 Å². The fraction of sp³-hybridized carbons (Fsp3) is 0.150. The van der Waals surface area contributed by atoms with E-state index in [-0.39, 0.29) is 24.2 Å². The van der Waals surface area contributed by atoms with Crippen LogP contribution < -0.4 is 29.0 Å². The van der Waals surface area contributed by atoms with Crippen molar-refractivity contribution in [1.29, 1.82) is 0 Å². The lowest BCUT2D eigenvalue weighted by Crippen LogP contribution is -3.00. The Hall–Kier alpha value is -2.76. The highest BCUT2D eigenvalue weighted by molar-refractivity contribution is 5.96. The van der Waals surface area contributed by atoms with Crippen LogP contribution in [0.4, 0.5) is 0 Å². The Morgan fingerprint density at radius 1 is 1.15 bits per heavy atom. The Morgan fingerprint density at radius 3 is 2.54 bits per heavy atom. The van der Waals surface area contributed by atoms with Gasteiger partial charge in [0, 0.05) is 18.0 Å². The largest absolute Gasteiger partial charge is 1.00 e. The Balaban J connectivity index is 0.00000243. The van der Waals surface area contributed by atoms with Gasteiger partial charge < -0.3 is 22.1 Å². The molecule has 0 aliphatic heterocycles. The molecule has 0 saturated carbocycles. The molecular weight excluding hydrogens is 350 g/mol. The molecule has 1 amide bonds. The lowest BCUT2D eigenvalue weighted by molar-refractivity contribution is -0.426. The molecule has 1 heterocycles. The van der Waals surface area contributed by atoms with E-state index in [1.54, 1.807) is 6.08 Å². The number of hydrogen-bond donors (Lipinski definition) is 3. The van der Waals surface area contributed by atoms with E-state index in [1.807, 2.05) is 48.5 Å². The van der Waals surface area contributed by atoms with Gasteiger partial charge >= 0.3 is 5.91 Å². The number of fused-ring (bicyclic) bond motifs is 1. The number of para-hydroxylation sites is 1. The van der Waals surface area contributed by atoms with Gasteiger partial charge in [-0.25, -0.2) is 5.43 Å². The minimum atomic E-state index is -0.277. The molecule has 0 fully saturated rings. The molecule has 1 unspecified atom stereocenters. The molecule has 5 N–H and O–H groups in total. The quantitative estimate of drug-likeness (QED) is 0.401. The van der Waals surface area contributed by atoms with Crippen LogP contribution in [0.2, 0.25) is 0 Å². The number of amides is 1. The van der Waals surface area contributed by atoms with E-state index in [0.717, 1.165) is 11.0 Å². The van der Waals surface area contributed by atoms with Gasteiger partial charge in [0.1, 0.15) is 17.0 Å². The topological polar surface area (TPSA) is 81.9 Å². The molecule has 1 atom stereocenters. The molecule has 2 aromatic carbocycles. The summed E-state index contributed by atoms with van der Waals surface area (Å²) in [6.07, 6.45) is 1.71. The van der Waals surface area contributed by atoms with Gasteiger partial charge in [-0.1, -0.05) is 55.5 Å². The minimum Gasteiger partial charge on any atom is -1.00 e. The van der Waals surface area contributed by atoms with E-state index < -0.39 is 0 Å². The van der Waals surface area contributed by atoms with Crippen molar-refractivity contribution < 1.29 is 27.5 Å². The van der Waals surface area contributed by atoms with Crippen molar-refractivity contribution in [3.8, 4) is 0 Å². The normalized spacial score (nSPS) is 12.3. The maximum absolute atomic E-state index is 12.1. The van der Waals surface area contributed by atoms with Crippen molar-refractivity contribution in [2.24, 2.45) is 0 Å². The summed E-state index contributed by atoms with van der Waals surface area (Å²) in [4.78, 5) is 12.1. The van der Waals surface area contributed by atoms with E-state index in [9.17, 15) is 4.79 Å². The van der Waals surface area contributed by atoms with Gasteiger partial charge in [-0.05, 0) is 23.6 Å². The van der Waals surface area contributed by atoms with Crippen LogP contribution in [0.1, 0.15) is 24.2 Å². The maximum Gasteiger partial charge on any atom is 0.311 e. The van der Waals surface area contributed by atoms with Crippen LogP contribution in [0, 0.1) is 0 Å². The Labute approximate surface area is 158 Å². The predicted molar refractivity (Wildman–Crippen MR) is 98.1 cm³/mol. The number of carbonyl (C=O) groups excluding carboxylic acids is 1. The van der Waals surface area contributed by atoms with Crippen LogP contribution in [0.15, 0.2) is 70.8 Å². The number of halogens is 1. The van der Waals surface area contributed by atoms with Crippen LogP contribution in [0.25, 0.3) is 17.0 Å². The van der Waals surface area contributed by atoms with Crippen LogP contribution in [-0.4, -0.2) is 12.5 Å². The second kappa shape index (κ2) is 9.08. The zero-order valence-electron chi connectivity index (χ0n) is 14.5. The van der Waals surface area contributed by atoms with E-state index >= 15 is 0 Å². The minimum absolute atomic E-state index is 0. The van der Waals surface area contributed by atoms with Crippen molar-refractivity contribution >= 4 is 23.0 Å². The van der Waals surface area contributed by atoms with Crippen molar-refractivity contribution in [3.05, 3.63) is 77.7 Å². The lowest BCUT2D eigenvalue weighted by Gasteiger charge is -2.15. The van der Waals surface area contributed by atoms with E-state index in [0.29, 0.717) is 18.0 Å². The molecule has 136 valence electrons. The molecule has 0 bridgehead atoms. The van der Waals surface area contributed by atoms with Crippen LogP contribution >= 0.6 is 0 Å². The summed E-state index contributed by atoms with van der Waals surface area (Å²) in [5.41, 5.74) is 4.86. The summed E-state index contributed by atoms with van der Waals surface area (Å²) in [5, 5.41) is 4.21. The van der Waals surface area contributed by atoms with Crippen molar-refractivity contribution in [3.63, 3.8) is 0 Å². The average Bonchev–Trinajstić information content (AvgIpc) is 3.07. The molecule has 0 aliphatic carbocycles. The molecule has 0 saturated heterocycles. The second-order valence-corrected chi connectivity index (χ2v) is 5.94. The summed E-state index contributed by atoms with van der Waals surface area (Å²) in [7, 11) is 0. The highest BCUT2D eigenvalue weighted by Crippen LogP contribution is 2.21. The first-order valence-electron chi connectivity index (χ1n) is 8.24. The van der Waals surface area contributed by atoms with Crippen LogP contribution in [0.5, 0.6) is 0 Å². The third-order valence-electron chi connectivity index (χ3n) is 4.10. The zero-order valence-corrected chi connectivity index (χ0v) is 15.3. The summed E-state index contributed by atoms with van der Waals surface area (Å²) >= 11 is 0. The third kappa shape index (κ3) is 4.65. The van der Waals surface area contributed by atoms with Gasteiger partial charge in [0.05, 0.1) is 0 Å². The number of furan rings is 1. The van der Waals surface area contributed by atoms with Gasteiger partial charge in [0.2, 0.25) is 0 Å². The fourth-order valence-corrected chi connectivity index (χ4v) is 2.67. The van der Waals surface area contributed by atoms with E-state index in [1.165, 1.54) is 5.56 Å². The monoisotopic (exact) mass is 371 g/mol. The number of carbonyl (C=O) groups is 1. The second-order valence-electron chi connectivity index (χ2n) is 5.94. The van der Waals surface area contributed by atoms with Gasteiger partial charge in [-0.3, -0.25) is 10.6 Å². The first-order chi connectivity index (χ1) is 12.2. The average molecular weight is 372 g/mol. The number of hydrogen-bond acceptors (Lipinski definition) is 3. The third-order valence-corrected chi connectivity index (χ3v) is 4.10. The standard InChI is InChI=1S/C20H21N3O2.ClH/c1-14(15-7-3-2-4-8-15)13-22-18(20(24)23-21)12-17-11-16-9-5-6-10-19(16)25-17;/h2-12,14,22H,13,21H2,1H3,(H,23,24);1H/b18-12+;. The summed E-state index contributed by atoms with van der Waals surface area (Å²) < 4.78 is 5.77. The van der Waals surface area contributed by atoms with Crippen LogP contribution in [-0.2, 0) is 4.79 Å². The molecule has 26 heavy (non-hydrogen) atoms. The van der Waals surface area contributed by atoms with Crippen molar-refractivity contribution in [1.82, 2.24) is 10.7 Å².